The molecule has 148 valence electrons. The van der Waals surface area contributed by atoms with Gasteiger partial charge in [0.05, 0.1) is 17.9 Å². The van der Waals surface area contributed by atoms with Crippen molar-refractivity contribution in [2.24, 2.45) is 0 Å². The van der Waals surface area contributed by atoms with Crippen molar-refractivity contribution in [1.29, 1.82) is 0 Å². The second-order valence-electron chi connectivity index (χ2n) is 7.37. The van der Waals surface area contributed by atoms with E-state index in [1.165, 1.54) is 50.5 Å². The van der Waals surface area contributed by atoms with Gasteiger partial charge in [-0.1, -0.05) is 32.1 Å². The highest BCUT2D eigenvalue weighted by Crippen LogP contribution is 2.22. The Morgan fingerprint density at radius 1 is 1.15 bits per heavy atom. The molecule has 0 aromatic carbocycles. The predicted molar refractivity (Wildman–Crippen MR) is 101 cm³/mol. The molecule has 0 spiro atoms. The van der Waals surface area contributed by atoms with Crippen LogP contribution in [0.15, 0.2) is 4.90 Å². The predicted octanol–water partition coefficient (Wildman–Crippen LogP) is 2.37. The van der Waals surface area contributed by atoms with Gasteiger partial charge in [-0.3, -0.25) is 9.48 Å². The number of carbonyl (C=O) groups excluding carboxylic acids is 1. The maximum atomic E-state index is 12.4. The number of amides is 1. The largest absolute Gasteiger partial charge is 0.353 e. The molecule has 1 fully saturated rings. The lowest BCUT2D eigenvalue weighted by Gasteiger charge is -2.21. The van der Waals surface area contributed by atoms with Gasteiger partial charge in [0.2, 0.25) is 15.9 Å². The maximum absolute atomic E-state index is 12.4. The van der Waals surface area contributed by atoms with Crippen molar-refractivity contribution in [2.45, 2.75) is 82.7 Å². The van der Waals surface area contributed by atoms with Crippen molar-refractivity contribution >= 4 is 15.9 Å². The molecule has 0 saturated heterocycles. The summed E-state index contributed by atoms with van der Waals surface area (Å²) < 4.78 is 27.7. The summed E-state index contributed by atoms with van der Waals surface area (Å²) in [5.74, 6) is 0.0140. The summed E-state index contributed by atoms with van der Waals surface area (Å²) in [7, 11) is -0.521. The van der Waals surface area contributed by atoms with Crippen LogP contribution in [0.2, 0.25) is 0 Å². The van der Waals surface area contributed by atoms with E-state index in [-0.39, 0.29) is 16.8 Å². The zero-order valence-corrected chi connectivity index (χ0v) is 17.2. The standard InChI is InChI=1S/C18H32N4O3S/c1-14-18(26(24,25)21(3)4)15(2)22(20-14)13-12-17(23)19-16-10-8-6-5-7-9-11-16/h16H,5-13H2,1-4H3,(H,19,23). The molecule has 1 aliphatic carbocycles. The lowest BCUT2D eigenvalue weighted by Crippen LogP contribution is -2.35. The topological polar surface area (TPSA) is 84.3 Å². The summed E-state index contributed by atoms with van der Waals surface area (Å²) in [4.78, 5) is 12.6. The highest BCUT2D eigenvalue weighted by molar-refractivity contribution is 7.89. The van der Waals surface area contributed by atoms with Crippen LogP contribution in [-0.4, -0.2) is 48.5 Å². The van der Waals surface area contributed by atoms with Crippen molar-refractivity contribution in [3.05, 3.63) is 11.4 Å². The second-order valence-corrected chi connectivity index (χ2v) is 9.46. The first-order valence-corrected chi connectivity index (χ1v) is 10.9. The third-order valence-electron chi connectivity index (χ3n) is 5.07. The second kappa shape index (κ2) is 8.99. The van der Waals surface area contributed by atoms with Gasteiger partial charge in [0.15, 0.2) is 0 Å². The molecule has 0 aliphatic heterocycles. The van der Waals surface area contributed by atoms with E-state index in [9.17, 15) is 13.2 Å². The van der Waals surface area contributed by atoms with Crippen LogP contribution in [0.1, 0.15) is 62.8 Å². The lowest BCUT2D eigenvalue weighted by atomic mass is 9.96. The molecular weight excluding hydrogens is 352 g/mol. The Bertz CT molecular complexity index is 717. The van der Waals surface area contributed by atoms with Crippen molar-refractivity contribution in [2.75, 3.05) is 14.1 Å². The molecule has 1 aromatic heterocycles. The molecule has 1 amide bonds. The van der Waals surface area contributed by atoms with Gasteiger partial charge in [-0.05, 0) is 26.7 Å². The summed E-state index contributed by atoms with van der Waals surface area (Å²) in [6.45, 7) is 3.81. The number of aryl methyl sites for hydroxylation is 2. The van der Waals surface area contributed by atoms with E-state index in [1.807, 2.05) is 0 Å². The fourth-order valence-electron chi connectivity index (χ4n) is 3.56. The first-order valence-electron chi connectivity index (χ1n) is 9.49. The molecule has 0 bridgehead atoms. The van der Waals surface area contributed by atoms with Crippen LogP contribution in [-0.2, 0) is 21.4 Å². The van der Waals surface area contributed by atoms with Gasteiger partial charge < -0.3 is 5.32 Å². The molecule has 1 saturated carbocycles. The molecule has 1 heterocycles. The van der Waals surface area contributed by atoms with Crippen LogP contribution in [0.3, 0.4) is 0 Å². The summed E-state index contributed by atoms with van der Waals surface area (Å²) in [5.41, 5.74) is 1.05. The average molecular weight is 385 g/mol. The van der Waals surface area contributed by atoms with Crippen LogP contribution in [0, 0.1) is 13.8 Å². The summed E-state index contributed by atoms with van der Waals surface area (Å²) >= 11 is 0. The molecule has 0 unspecified atom stereocenters. The van der Waals surface area contributed by atoms with E-state index < -0.39 is 10.0 Å². The van der Waals surface area contributed by atoms with Crippen molar-refractivity contribution in [3.63, 3.8) is 0 Å². The number of hydrogen-bond donors (Lipinski definition) is 1. The Labute approximate surface area is 157 Å². The van der Waals surface area contributed by atoms with E-state index in [4.69, 9.17) is 0 Å². The van der Waals surface area contributed by atoms with Crippen LogP contribution in [0.25, 0.3) is 0 Å². The molecule has 2 rings (SSSR count). The van der Waals surface area contributed by atoms with Crippen LogP contribution < -0.4 is 5.32 Å². The minimum absolute atomic E-state index is 0.0140. The normalized spacial score (nSPS) is 17.1. The van der Waals surface area contributed by atoms with Gasteiger partial charge in [0.25, 0.3) is 0 Å². The average Bonchev–Trinajstić information content (AvgIpc) is 2.82. The molecule has 1 aromatic rings. The summed E-state index contributed by atoms with van der Waals surface area (Å²) in [5, 5.41) is 7.48. The van der Waals surface area contributed by atoms with Crippen molar-refractivity contribution < 1.29 is 13.2 Å². The van der Waals surface area contributed by atoms with E-state index in [1.54, 1.807) is 18.5 Å². The number of aromatic nitrogens is 2. The molecule has 1 N–H and O–H groups in total. The highest BCUT2D eigenvalue weighted by atomic mass is 32.2. The zero-order valence-electron chi connectivity index (χ0n) is 16.4. The minimum atomic E-state index is -3.54. The van der Waals surface area contributed by atoms with Gasteiger partial charge in [-0.25, -0.2) is 12.7 Å². The van der Waals surface area contributed by atoms with Crippen molar-refractivity contribution in [3.8, 4) is 0 Å². The molecule has 0 radical (unpaired) electrons. The number of rotatable bonds is 6. The minimum Gasteiger partial charge on any atom is -0.353 e. The monoisotopic (exact) mass is 384 g/mol. The van der Waals surface area contributed by atoms with Crippen LogP contribution >= 0.6 is 0 Å². The smallest absolute Gasteiger partial charge is 0.246 e. The number of nitrogens with zero attached hydrogens (tertiary/aromatic N) is 3. The van der Waals surface area contributed by atoms with Crippen LogP contribution in [0.5, 0.6) is 0 Å². The molecule has 0 atom stereocenters. The lowest BCUT2D eigenvalue weighted by molar-refractivity contribution is -0.122. The SMILES string of the molecule is Cc1nn(CCC(=O)NC2CCCCCCC2)c(C)c1S(=O)(=O)N(C)C. The number of nitrogens with one attached hydrogen (secondary N) is 1. The van der Waals surface area contributed by atoms with Crippen LogP contribution in [0.4, 0.5) is 0 Å². The van der Waals surface area contributed by atoms with Gasteiger partial charge in [-0.15, -0.1) is 0 Å². The Morgan fingerprint density at radius 3 is 2.31 bits per heavy atom. The Balaban J connectivity index is 1.98. The van der Waals surface area contributed by atoms with E-state index in [0.29, 0.717) is 24.4 Å². The molecule has 7 nitrogen and oxygen atoms in total. The number of carbonyl (C=O) groups is 1. The van der Waals surface area contributed by atoms with Crippen molar-refractivity contribution in [1.82, 2.24) is 19.4 Å². The van der Waals surface area contributed by atoms with E-state index in [2.05, 4.69) is 10.4 Å². The van der Waals surface area contributed by atoms with Gasteiger partial charge >= 0.3 is 0 Å². The zero-order chi connectivity index (χ0) is 19.3. The Kier molecular flexibility index (Phi) is 7.23. The van der Waals surface area contributed by atoms with Gasteiger partial charge in [-0.2, -0.15) is 5.10 Å². The number of sulfonamides is 1. The fraction of sp³-hybridized carbons (Fsp3) is 0.778. The van der Waals surface area contributed by atoms with Gasteiger partial charge in [0.1, 0.15) is 4.90 Å². The van der Waals surface area contributed by atoms with E-state index in [0.717, 1.165) is 12.8 Å². The molecular formula is C18H32N4O3S. The third kappa shape index (κ3) is 5.07. The third-order valence-corrected chi connectivity index (χ3v) is 7.14. The molecule has 26 heavy (non-hydrogen) atoms. The fourth-order valence-corrected chi connectivity index (χ4v) is 4.82. The first-order chi connectivity index (χ1) is 12.2. The molecule has 8 heteroatoms. The summed E-state index contributed by atoms with van der Waals surface area (Å²) in [6.07, 6.45) is 8.56. The quantitative estimate of drug-likeness (QED) is 0.816. The highest BCUT2D eigenvalue weighted by Gasteiger charge is 2.26. The maximum Gasteiger partial charge on any atom is 0.246 e. The summed E-state index contributed by atoms with van der Waals surface area (Å²) in [6, 6.07) is 0.271. The molecule has 1 aliphatic rings. The number of hydrogen-bond acceptors (Lipinski definition) is 4. The first kappa shape index (κ1) is 20.9. The van der Waals surface area contributed by atoms with Gasteiger partial charge in [0, 0.05) is 26.6 Å². The Morgan fingerprint density at radius 2 is 1.73 bits per heavy atom. The Hall–Kier alpha value is -1.41. The van der Waals surface area contributed by atoms with E-state index >= 15 is 0 Å².